The summed E-state index contributed by atoms with van der Waals surface area (Å²) in [5.41, 5.74) is 2.36. The van der Waals surface area contributed by atoms with Crippen LogP contribution in [0.2, 0.25) is 0 Å². The number of rotatable bonds is 22. The third kappa shape index (κ3) is 8.86. The largest absolute Gasteiger partial charge is 0.462 e. The molecule has 0 aliphatic carbocycles. The zero-order chi connectivity index (χ0) is 31.3. The Hall–Kier alpha value is -1.48. The van der Waals surface area contributed by atoms with E-state index in [-0.39, 0.29) is 11.9 Å². The smallest absolute Gasteiger partial charge is 0.348 e. The number of hydrogen-bond donors (Lipinski definition) is 0. The molecule has 0 atom stereocenters. The van der Waals surface area contributed by atoms with Crippen LogP contribution in [0.15, 0.2) is 0 Å². The van der Waals surface area contributed by atoms with E-state index >= 15 is 0 Å². The van der Waals surface area contributed by atoms with Gasteiger partial charge in [-0.3, -0.25) is 0 Å². The minimum atomic E-state index is -0.179. The minimum absolute atomic E-state index is 0.179. The summed E-state index contributed by atoms with van der Waals surface area (Å²) in [6.07, 6.45) is 22.2. The van der Waals surface area contributed by atoms with Crippen LogP contribution in [0.4, 0.5) is 0 Å². The van der Waals surface area contributed by atoms with Gasteiger partial charge >= 0.3 is 11.9 Å². The molecule has 0 aliphatic heterocycles. The van der Waals surface area contributed by atoms with E-state index in [1.165, 1.54) is 129 Å². The molecule has 44 heavy (non-hydrogen) atoms. The van der Waals surface area contributed by atoms with Crippen molar-refractivity contribution in [2.24, 2.45) is 0 Å². The van der Waals surface area contributed by atoms with Crippen molar-refractivity contribution in [3.05, 3.63) is 20.9 Å². The standard InChI is InChI=1S/C36H52O4S4/c1-5-9-11-13-15-17-19-21-23-25-27-31(43-29(25)35(37)39-7-3)33-34(41-27)32-28(42-33)26(30(44-32)36(38)40-8-4)24-22-20-18-16-14-12-10-6-2/h5-24H2,1-4H3. The van der Waals surface area contributed by atoms with Gasteiger partial charge in [0.05, 0.1) is 41.4 Å². The van der Waals surface area contributed by atoms with Gasteiger partial charge in [0, 0.05) is 0 Å². The van der Waals surface area contributed by atoms with Gasteiger partial charge in [-0.1, -0.05) is 104 Å². The number of thiophene rings is 4. The number of fused-ring (bicyclic) bond motifs is 5. The third-order valence-electron chi connectivity index (χ3n) is 8.43. The number of carbonyl (C=O) groups is 2. The summed E-state index contributed by atoms with van der Waals surface area (Å²) in [6, 6.07) is 0. The van der Waals surface area contributed by atoms with Crippen LogP contribution >= 0.6 is 45.3 Å². The molecule has 0 aromatic carbocycles. The van der Waals surface area contributed by atoms with Crippen LogP contribution in [0.5, 0.6) is 0 Å². The Balaban J connectivity index is 1.57. The molecule has 0 unspecified atom stereocenters. The summed E-state index contributed by atoms with van der Waals surface area (Å²) >= 11 is 6.88. The van der Waals surface area contributed by atoms with Gasteiger partial charge in [0.25, 0.3) is 0 Å². The molecule has 0 bridgehead atoms. The van der Waals surface area contributed by atoms with Crippen LogP contribution in [0.1, 0.15) is 161 Å². The normalized spacial score (nSPS) is 11.8. The summed E-state index contributed by atoms with van der Waals surface area (Å²) < 4.78 is 18.5. The molecule has 244 valence electrons. The lowest BCUT2D eigenvalue weighted by molar-refractivity contribution is 0.0521. The second-order valence-electron chi connectivity index (χ2n) is 11.9. The predicted octanol–water partition coefficient (Wildman–Crippen LogP) is 13.1. The number of hydrogen-bond acceptors (Lipinski definition) is 8. The van der Waals surface area contributed by atoms with Crippen molar-refractivity contribution in [1.82, 2.24) is 0 Å². The summed E-state index contributed by atoms with van der Waals surface area (Å²) in [6.45, 7) is 9.07. The van der Waals surface area contributed by atoms with Gasteiger partial charge in [0.1, 0.15) is 9.75 Å². The Morgan fingerprint density at radius 1 is 0.432 bits per heavy atom. The zero-order valence-corrected chi connectivity index (χ0v) is 30.7. The summed E-state index contributed by atoms with van der Waals surface area (Å²) in [5, 5.41) is 0. The summed E-state index contributed by atoms with van der Waals surface area (Å²) in [4.78, 5) is 27.7. The van der Waals surface area contributed by atoms with Crippen LogP contribution in [0.3, 0.4) is 0 Å². The SMILES string of the molecule is CCCCCCCCCCc1c(C(=O)OCC)sc2c1sc1c3sc(C(=O)OCC)c(CCCCCCCCCC)c3sc21. The molecule has 0 amide bonds. The van der Waals surface area contributed by atoms with Gasteiger partial charge in [0.2, 0.25) is 0 Å². The van der Waals surface area contributed by atoms with Gasteiger partial charge < -0.3 is 9.47 Å². The highest BCUT2D eigenvalue weighted by molar-refractivity contribution is 7.45. The Labute approximate surface area is 280 Å². The molecule has 4 nitrogen and oxygen atoms in total. The van der Waals surface area contributed by atoms with Crippen LogP contribution in [-0.2, 0) is 22.3 Å². The molecular formula is C36H52O4S4. The van der Waals surface area contributed by atoms with E-state index in [1.807, 2.05) is 36.5 Å². The lowest BCUT2D eigenvalue weighted by Crippen LogP contribution is -2.05. The first-order valence-corrected chi connectivity index (χ1v) is 20.6. The van der Waals surface area contributed by atoms with Crippen LogP contribution in [-0.4, -0.2) is 25.2 Å². The van der Waals surface area contributed by atoms with Crippen molar-refractivity contribution in [3.8, 4) is 0 Å². The fourth-order valence-electron chi connectivity index (χ4n) is 6.06. The lowest BCUT2D eigenvalue weighted by Gasteiger charge is -2.05. The van der Waals surface area contributed by atoms with E-state index in [2.05, 4.69) is 13.8 Å². The maximum absolute atomic E-state index is 13.1. The van der Waals surface area contributed by atoms with E-state index in [1.54, 1.807) is 22.7 Å². The Morgan fingerprint density at radius 3 is 1.09 bits per heavy atom. The highest BCUT2D eigenvalue weighted by Crippen LogP contribution is 2.53. The van der Waals surface area contributed by atoms with Crippen LogP contribution in [0, 0.1) is 0 Å². The zero-order valence-electron chi connectivity index (χ0n) is 27.4. The maximum Gasteiger partial charge on any atom is 0.348 e. The number of unbranched alkanes of at least 4 members (excludes halogenated alkanes) is 14. The molecule has 4 rings (SSSR count). The minimum Gasteiger partial charge on any atom is -0.462 e. The first-order chi connectivity index (χ1) is 21.5. The fraction of sp³-hybridized carbons (Fsp3) is 0.667. The third-order valence-corrected chi connectivity index (χ3v) is 14.1. The van der Waals surface area contributed by atoms with Gasteiger partial charge in [-0.05, 0) is 50.7 Å². The quantitative estimate of drug-likeness (QED) is 0.0614. The molecule has 4 heterocycles. The molecule has 0 radical (unpaired) electrons. The highest BCUT2D eigenvalue weighted by Gasteiger charge is 2.28. The fourth-order valence-corrected chi connectivity index (χ4v) is 12.1. The molecule has 0 saturated heterocycles. The molecular weight excluding hydrogens is 625 g/mol. The number of esters is 2. The molecule has 0 N–H and O–H groups in total. The van der Waals surface area contributed by atoms with Gasteiger partial charge in [-0.15, -0.1) is 45.3 Å². The van der Waals surface area contributed by atoms with Crippen LogP contribution < -0.4 is 0 Å². The monoisotopic (exact) mass is 676 g/mol. The Kier molecular flexibility index (Phi) is 15.0. The van der Waals surface area contributed by atoms with E-state index in [0.29, 0.717) is 13.2 Å². The average molecular weight is 677 g/mol. The summed E-state index contributed by atoms with van der Waals surface area (Å²) in [7, 11) is 0. The average Bonchev–Trinajstić information content (AvgIpc) is 3.74. The topological polar surface area (TPSA) is 52.6 Å². The lowest BCUT2D eigenvalue weighted by atomic mass is 10.0. The van der Waals surface area contributed by atoms with Crippen molar-refractivity contribution in [2.75, 3.05) is 13.2 Å². The van der Waals surface area contributed by atoms with Crippen molar-refractivity contribution in [2.45, 2.75) is 143 Å². The van der Waals surface area contributed by atoms with Gasteiger partial charge in [0.15, 0.2) is 0 Å². The molecule has 8 heteroatoms. The molecule has 0 fully saturated rings. The van der Waals surface area contributed by atoms with Gasteiger partial charge in [-0.25, -0.2) is 9.59 Å². The van der Waals surface area contributed by atoms with Gasteiger partial charge in [-0.2, -0.15) is 0 Å². The first kappa shape index (κ1) is 35.4. The van der Waals surface area contributed by atoms with Crippen molar-refractivity contribution >= 4 is 85.5 Å². The van der Waals surface area contributed by atoms with E-state index in [9.17, 15) is 9.59 Å². The predicted molar refractivity (Wildman–Crippen MR) is 195 cm³/mol. The first-order valence-electron chi connectivity index (χ1n) is 17.3. The molecule has 0 saturated carbocycles. The van der Waals surface area contributed by atoms with E-state index < -0.39 is 0 Å². The molecule has 4 aromatic rings. The van der Waals surface area contributed by atoms with E-state index in [0.717, 1.165) is 35.4 Å². The highest BCUT2D eigenvalue weighted by atomic mass is 32.1. The second kappa shape index (κ2) is 18.6. The Bertz CT molecular complexity index is 1360. The molecule has 4 aromatic heterocycles. The second-order valence-corrected chi connectivity index (χ2v) is 16.0. The Morgan fingerprint density at radius 2 is 0.750 bits per heavy atom. The van der Waals surface area contributed by atoms with Crippen LogP contribution in [0.25, 0.3) is 28.2 Å². The van der Waals surface area contributed by atoms with Crippen molar-refractivity contribution in [1.29, 1.82) is 0 Å². The maximum atomic E-state index is 13.1. The number of aryl methyl sites for hydroxylation is 2. The van der Waals surface area contributed by atoms with Crippen molar-refractivity contribution in [3.63, 3.8) is 0 Å². The number of carbonyl (C=O) groups excluding carboxylic acids is 2. The summed E-state index contributed by atoms with van der Waals surface area (Å²) in [5.74, 6) is -0.357. The molecule has 0 spiro atoms. The van der Waals surface area contributed by atoms with Crippen molar-refractivity contribution < 1.29 is 19.1 Å². The molecule has 0 aliphatic rings. The van der Waals surface area contributed by atoms with E-state index in [4.69, 9.17) is 9.47 Å². The number of ether oxygens (including phenoxy) is 2.